The Hall–Kier alpha value is -2.66. The zero-order valence-corrected chi connectivity index (χ0v) is 14.4. The predicted molar refractivity (Wildman–Crippen MR) is 101 cm³/mol. The number of nitrogens with one attached hydrogen (secondary N) is 1. The first-order valence-electron chi connectivity index (χ1n) is 8.72. The van der Waals surface area contributed by atoms with E-state index < -0.39 is 0 Å². The number of piperidine rings is 1. The maximum absolute atomic E-state index is 10.8. The quantitative estimate of drug-likeness (QED) is 0.736. The summed E-state index contributed by atoms with van der Waals surface area (Å²) in [6.45, 7) is 2.20. The van der Waals surface area contributed by atoms with E-state index in [4.69, 9.17) is 4.98 Å². The fourth-order valence-corrected chi connectivity index (χ4v) is 3.53. The van der Waals surface area contributed by atoms with Crippen molar-refractivity contribution < 1.29 is 4.79 Å². The summed E-state index contributed by atoms with van der Waals surface area (Å²) < 4.78 is 2.34. The molecule has 1 saturated heterocycles. The standard InChI is InChI=1S/C20H22N4O/c1-23-12-10-17(11-13-23)24-19-5-3-2-4-18(19)22-20(24)21-16-8-6-15(14-25)7-9-16/h2-9,14,17H,10-13H2,1H3,(H,21,22). The molecule has 1 aliphatic rings. The highest BCUT2D eigenvalue weighted by atomic mass is 16.1. The molecule has 1 N–H and O–H groups in total. The summed E-state index contributed by atoms with van der Waals surface area (Å²) in [5, 5.41) is 3.44. The van der Waals surface area contributed by atoms with Crippen molar-refractivity contribution in [2.75, 3.05) is 25.5 Å². The molecular weight excluding hydrogens is 312 g/mol. The van der Waals surface area contributed by atoms with E-state index in [0.717, 1.165) is 49.4 Å². The van der Waals surface area contributed by atoms with Gasteiger partial charge < -0.3 is 14.8 Å². The zero-order valence-electron chi connectivity index (χ0n) is 14.4. The maximum Gasteiger partial charge on any atom is 0.208 e. The minimum Gasteiger partial charge on any atom is -0.326 e. The summed E-state index contributed by atoms with van der Waals surface area (Å²) in [5.41, 5.74) is 3.79. The number of anilines is 2. The molecule has 1 aromatic heterocycles. The summed E-state index contributed by atoms with van der Waals surface area (Å²) in [6.07, 6.45) is 3.10. The lowest BCUT2D eigenvalue weighted by molar-refractivity contribution is 0.112. The van der Waals surface area contributed by atoms with Crippen molar-refractivity contribution in [2.24, 2.45) is 0 Å². The van der Waals surface area contributed by atoms with Gasteiger partial charge in [0.2, 0.25) is 5.95 Å². The fourth-order valence-electron chi connectivity index (χ4n) is 3.53. The molecule has 0 amide bonds. The van der Waals surface area contributed by atoms with Crippen molar-refractivity contribution in [1.82, 2.24) is 14.5 Å². The van der Waals surface area contributed by atoms with Gasteiger partial charge in [0, 0.05) is 17.3 Å². The van der Waals surface area contributed by atoms with Crippen LogP contribution in [0.2, 0.25) is 0 Å². The number of nitrogens with zero attached hydrogens (tertiary/aromatic N) is 3. The molecule has 128 valence electrons. The SMILES string of the molecule is CN1CCC(n2c(Nc3ccc(C=O)cc3)nc3ccccc32)CC1. The van der Waals surface area contributed by atoms with E-state index in [1.807, 2.05) is 30.3 Å². The van der Waals surface area contributed by atoms with Crippen LogP contribution in [0, 0.1) is 0 Å². The summed E-state index contributed by atoms with van der Waals surface area (Å²) in [4.78, 5) is 18.0. The van der Waals surface area contributed by atoms with Crippen molar-refractivity contribution in [2.45, 2.75) is 18.9 Å². The molecule has 5 nitrogen and oxygen atoms in total. The van der Waals surface area contributed by atoms with Crippen molar-refractivity contribution in [1.29, 1.82) is 0 Å². The van der Waals surface area contributed by atoms with Crippen molar-refractivity contribution >= 4 is 29.0 Å². The molecular formula is C20H22N4O. The van der Waals surface area contributed by atoms with Gasteiger partial charge in [0.25, 0.3) is 0 Å². The van der Waals surface area contributed by atoms with Crippen LogP contribution in [-0.4, -0.2) is 40.9 Å². The molecule has 5 heteroatoms. The van der Waals surface area contributed by atoms with Crippen LogP contribution in [0.5, 0.6) is 0 Å². The van der Waals surface area contributed by atoms with Gasteiger partial charge in [-0.2, -0.15) is 0 Å². The predicted octanol–water partition coefficient (Wildman–Crippen LogP) is 3.86. The van der Waals surface area contributed by atoms with Crippen LogP contribution in [-0.2, 0) is 0 Å². The molecule has 0 unspecified atom stereocenters. The van der Waals surface area contributed by atoms with E-state index in [9.17, 15) is 4.79 Å². The third kappa shape index (κ3) is 3.15. The molecule has 0 aliphatic carbocycles. The van der Waals surface area contributed by atoms with Crippen LogP contribution >= 0.6 is 0 Å². The van der Waals surface area contributed by atoms with E-state index in [2.05, 4.69) is 40.0 Å². The number of fused-ring (bicyclic) bond motifs is 1. The Labute approximate surface area is 147 Å². The number of aromatic nitrogens is 2. The minimum absolute atomic E-state index is 0.445. The fraction of sp³-hybridized carbons (Fsp3) is 0.300. The molecule has 3 aromatic rings. The van der Waals surface area contributed by atoms with Crippen LogP contribution in [0.3, 0.4) is 0 Å². The number of aldehydes is 1. The number of benzene rings is 2. The molecule has 2 aromatic carbocycles. The molecule has 0 atom stereocenters. The monoisotopic (exact) mass is 334 g/mol. The molecule has 0 saturated carbocycles. The Kier molecular flexibility index (Phi) is 4.24. The average molecular weight is 334 g/mol. The number of imidazole rings is 1. The normalized spacial score (nSPS) is 16.2. The molecule has 0 spiro atoms. The summed E-state index contributed by atoms with van der Waals surface area (Å²) >= 11 is 0. The lowest BCUT2D eigenvalue weighted by atomic mass is 10.1. The Bertz CT molecular complexity index is 876. The first-order chi connectivity index (χ1) is 12.2. The second kappa shape index (κ2) is 6.69. The first-order valence-corrected chi connectivity index (χ1v) is 8.72. The number of likely N-dealkylation sites (tertiary alicyclic amines) is 1. The van der Waals surface area contributed by atoms with E-state index in [-0.39, 0.29) is 0 Å². The molecule has 0 bridgehead atoms. The molecule has 4 rings (SSSR count). The van der Waals surface area contributed by atoms with Gasteiger partial charge in [-0.25, -0.2) is 4.98 Å². The van der Waals surface area contributed by atoms with Crippen LogP contribution < -0.4 is 5.32 Å². The highest BCUT2D eigenvalue weighted by molar-refractivity contribution is 5.80. The molecule has 25 heavy (non-hydrogen) atoms. The van der Waals surface area contributed by atoms with E-state index in [0.29, 0.717) is 11.6 Å². The first kappa shape index (κ1) is 15.8. The third-order valence-corrected chi connectivity index (χ3v) is 4.95. The summed E-state index contributed by atoms with van der Waals surface area (Å²) in [7, 11) is 2.18. The molecule has 1 aliphatic heterocycles. The van der Waals surface area contributed by atoms with Crippen molar-refractivity contribution in [3.05, 3.63) is 54.1 Å². The van der Waals surface area contributed by atoms with Gasteiger partial charge in [0.05, 0.1) is 11.0 Å². The van der Waals surface area contributed by atoms with E-state index in [1.54, 1.807) is 0 Å². The van der Waals surface area contributed by atoms with Gasteiger partial charge >= 0.3 is 0 Å². The summed E-state index contributed by atoms with van der Waals surface area (Å²) in [6, 6.07) is 16.2. The highest BCUT2D eigenvalue weighted by Gasteiger charge is 2.23. The molecule has 1 fully saturated rings. The second-order valence-electron chi connectivity index (χ2n) is 6.69. The van der Waals surface area contributed by atoms with Crippen molar-refractivity contribution in [3.8, 4) is 0 Å². The largest absolute Gasteiger partial charge is 0.326 e. The Morgan fingerprint density at radius 3 is 2.52 bits per heavy atom. The van der Waals surface area contributed by atoms with Gasteiger partial charge in [-0.05, 0) is 69.4 Å². The van der Waals surface area contributed by atoms with Gasteiger partial charge in [0.1, 0.15) is 6.29 Å². The van der Waals surface area contributed by atoms with Crippen LogP contribution in [0.4, 0.5) is 11.6 Å². The number of carbonyl (C=O) groups is 1. The summed E-state index contributed by atoms with van der Waals surface area (Å²) in [5.74, 6) is 0.870. The topological polar surface area (TPSA) is 50.2 Å². The minimum atomic E-state index is 0.445. The van der Waals surface area contributed by atoms with Crippen LogP contribution in [0.1, 0.15) is 29.2 Å². The highest BCUT2D eigenvalue weighted by Crippen LogP contribution is 2.32. The van der Waals surface area contributed by atoms with Gasteiger partial charge in [-0.15, -0.1) is 0 Å². The number of carbonyl (C=O) groups excluding carboxylic acids is 1. The number of hydrogen-bond acceptors (Lipinski definition) is 4. The van der Waals surface area contributed by atoms with Gasteiger partial charge in [-0.3, -0.25) is 4.79 Å². The molecule has 2 heterocycles. The number of para-hydroxylation sites is 2. The zero-order chi connectivity index (χ0) is 17.2. The van der Waals surface area contributed by atoms with Crippen LogP contribution in [0.15, 0.2) is 48.5 Å². The number of rotatable bonds is 4. The van der Waals surface area contributed by atoms with Crippen molar-refractivity contribution in [3.63, 3.8) is 0 Å². The lowest BCUT2D eigenvalue weighted by Gasteiger charge is -2.31. The molecule has 0 radical (unpaired) electrons. The second-order valence-corrected chi connectivity index (χ2v) is 6.69. The third-order valence-electron chi connectivity index (χ3n) is 4.95. The number of hydrogen-bond donors (Lipinski definition) is 1. The Morgan fingerprint density at radius 2 is 1.80 bits per heavy atom. The Balaban J connectivity index is 1.71. The lowest BCUT2D eigenvalue weighted by Crippen LogP contribution is -2.31. The van der Waals surface area contributed by atoms with Crippen LogP contribution in [0.25, 0.3) is 11.0 Å². The van der Waals surface area contributed by atoms with Gasteiger partial charge in [-0.1, -0.05) is 12.1 Å². The smallest absolute Gasteiger partial charge is 0.208 e. The maximum atomic E-state index is 10.8. The van der Waals surface area contributed by atoms with Gasteiger partial charge in [0.15, 0.2) is 0 Å². The van der Waals surface area contributed by atoms with E-state index in [1.165, 1.54) is 5.52 Å². The Morgan fingerprint density at radius 1 is 1.08 bits per heavy atom. The van der Waals surface area contributed by atoms with E-state index >= 15 is 0 Å². The average Bonchev–Trinajstić information content (AvgIpc) is 3.01.